The summed E-state index contributed by atoms with van der Waals surface area (Å²) in [5.41, 5.74) is 0.150. The molecule has 0 atom stereocenters. The van der Waals surface area contributed by atoms with Crippen molar-refractivity contribution in [3.8, 4) is 11.5 Å². The van der Waals surface area contributed by atoms with Crippen LogP contribution >= 0.6 is 0 Å². The lowest BCUT2D eigenvalue weighted by atomic mass is 10.1. The van der Waals surface area contributed by atoms with E-state index in [0.717, 1.165) is 0 Å². The van der Waals surface area contributed by atoms with Crippen molar-refractivity contribution in [3.63, 3.8) is 0 Å². The number of allylic oxidation sites excluding steroid dienone is 2. The maximum atomic E-state index is 12.2. The number of hydrogen-bond donors (Lipinski definition) is 1. The lowest BCUT2D eigenvalue weighted by Gasteiger charge is -2.13. The number of pyridine rings is 1. The lowest BCUT2D eigenvalue weighted by Crippen LogP contribution is -2.34. The molecule has 1 aromatic carbocycles. The highest BCUT2D eigenvalue weighted by molar-refractivity contribution is 5.90. The smallest absolute Gasteiger partial charge is 0.360 e. The third-order valence-corrected chi connectivity index (χ3v) is 3.95. The van der Waals surface area contributed by atoms with Crippen molar-refractivity contribution in [2.24, 2.45) is 0 Å². The fourth-order valence-corrected chi connectivity index (χ4v) is 2.52. The van der Waals surface area contributed by atoms with Gasteiger partial charge in [-0.1, -0.05) is 24.8 Å². The number of para-hydroxylation sites is 1. The van der Waals surface area contributed by atoms with Gasteiger partial charge in [-0.15, -0.1) is 0 Å². The Hall–Kier alpha value is -3.61. The van der Waals surface area contributed by atoms with Crippen LogP contribution in [0.15, 0.2) is 42.2 Å². The van der Waals surface area contributed by atoms with Crippen molar-refractivity contribution in [1.29, 1.82) is 0 Å². The van der Waals surface area contributed by atoms with Gasteiger partial charge in [0.15, 0.2) is 11.4 Å². The summed E-state index contributed by atoms with van der Waals surface area (Å²) in [5, 5.41) is 11.3. The van der Waals surface area contributed by atoms with E-state index < -0.39 is 5.97 Å². The molecule has 0 saturated heterocycles. The minimum Gasteiger partial charge on any atom is -0.505 e. The topological polar surface area (TPSA) is 89.0 Å². The Kier molecular flexibility index (Phi) is 7.54. The predicted octanol–water partition coefficient (Wildman–Crippen LogP) is 1.73. The number of ether oxygens (including phenoxy) is 2. The first kappa shape index (κ1) is 21.7. The van der Waals surface area contributed by atoms with Gasteiger partial charge in [0.25, 0.3) is 0 Å². The Morgan fingerprint density at radius 2 is 2.00 bits per heavy atom. The van der Waals surface area contributed by atoms with Crippen molar-refractivity contribution < 1.29 is 24.2 Å². The van der Waals surface area contributed by atoms with Crippen LogP contribution in [0.2, 0.25) is 0 Å². The van der Waals surface area contributed by atoms with Gasteiger partial charge in [-0.05, 0) is 38.1 Å². The Morgan fingerprint density at radius 1 is 1.31 bits per heavy atom. The molecule has 0 aliphatic heterocycles. The second-order valence-corrected chi connectivity index (χ2v) is 6.25. The fraction of sp³-hybridized carbons (Fsp3) is 0.227. The zero-order chi connectivity index (χ0) is 21.4. The molecular weight excluding hydrogens is 372 g/mol. The molecule has 2 rings (SSSR count). The highest BCUT2D eigenvalue weighted by atomic mass is 16.5. The molecule has 29 heavy (non-hydrogen) atoms. The third kappa shape index (κ3) is 5.68. The molecule has 0 aliphatic carbocycles. The van der Waals surface area contributed by atoms with E-state index in [9.17, 15) is 14.7 Å². The zero-order valence-corrected chi connectivity index (χ0v) is 16.7. The van der Waals surface area contributed by atoms with Crippen molar-refractivity contribution in [1.82, 2.24) is 9.88 Å². The van der Waals surface area contributed by atoms with E-state index >= 15 is 0 Å². The highest BCUT2D eigenvalue weighted by Gasteiger charge is 2.18. The summed E-state index contributed by atoms with van der Waals surface area (Å²) >= 11 is 0. The van der Waals surface area contributed by atoms with Crippen LogP contribution in [0.3, 0.4) is 0 Å². The standard InChI is InChI=1S/C22H24N2O5/c1-5-28-22(27)20-21(26)18(16(3)19(23-20)13-24(4)14-25)12-11-15(2)29-17-9-7-6-8-10-17/h6-12,14,26H,3,5,13H2,1-2,4H3/b15-11+,18-12+. The number of carbonyl (C=O) groups is 2. The number of esters is 1. The monoisotopic (exact) mass is 396 g/mol. The molecule has 152 valence electrons. The van der Waals surface area contributed by atoms with Crippen LogP contribution in [-0.4, -0.2) is 41.0 Å². The number of hydrogen-bond acceptors (Lipinski definition) is 6. The first-order valence-corrected chi connectivity index (χ1v) is 9.02. The predicted molar refractivity (Wildman–Crippen MR) is 109 cm³/mol. The van der Waals surface area contributed by atoms with Crippen LogP contribution in [0.25, 0.3) is 12.7 Å². The van der Waals surface area contributed by atoms with Gasteiger partial charge < -0.3 is 19.5 Å². The number of aromatic nitrogens is 1. The van der Waals surface area contributed by atoms with E-state index in [1.54, 1.807) is 33.0 Å². The number of rotatable bonds is 8. The largest absolute Gasteiger partial charge is 0.505 e. The van der Waals surface area contributed by atoms with Gasteiger partial charge in [-0.25, -0.2) is 9.78 Å². The van der Waals surface area contributed by atoms with Crippen LogP contribution in [-0.2, 0) is 16.1 Å². The quantitative estimate of drug-likeness (QED) is 0.415. The van der Waals surface area contributed by atoms with Crippen molar-refractivity contribution in [2.45, 2.75) is 20.4 Å². The van der Waals surface area contributed by atoms with Crippen LogP contribution in [0.5, 0.6) is 11.5 Å². The minimum absolute atomic E-state index is 0.124. The maximum absolute atomic E-state index is 12.2. The molecule has 0 spiro atoms. The maximum Gasteiger partial charge on any atom is 0.360 e. The molecular formula is C22H24N2O5. The van der Waals surface area contributed by atoms with E-state index in [1.165, 1.54) is 4.90 Å². The molecule has 2 aromatic rings. The molecule has 1 N–H and O–H groups in total. The summed E-state index contributed by atoms with van der Waals surface area (Å²) in [7, 11) is 1.58. The second-order valence-electron chi connectivity index (χ2n) is 6.25. The summed E-state index contributed by atoms with van der Waals surface area (Å²) in [4.78, 5) is 28.7. The Bertz CT molecular complexity index is 1020. The Balaban J connectivity index is 2.54. The van der Waals surface area contributed by atoms with E-state index in [4.69, 9.17) is 9.47 Å². The molecule has 1 heterocycles. The van der Waals surface area contributed by atoms with Gasteiger partial charge >= 0.3 is 5.97 Å². The van der Waals surface area contributed by atoms with Gasteiger partial charge in [0.05, 0.1) is 18.8 Å². The molecule has 0 saturated carbocycles. The first-order chi connectivity index (χ1) is 13.9. The molecule has 0 bridgehead atoms. The van der Waals surface area contributed by atoms with Gasteiger partial charge in [-0.3, -0.25) is 4.79 Å². The van der Waals surface area contributed by atoms with E-state index in [-0.39, 0.29) is 24.6 Å². The number of carbonyl (C=O) groups excluding carboxylic acids is 2. The second kappa shape index (κ2) is 10.1. The SMILES string of the molecule is C=c1c(CN(C)C=O)nc(C(=O)OCC)c(O)/c1=C/C=C(\C)Oc1ccccc1. The van der Waals surface area contributed by atoms with Gasteiger partial charge in [-0.2, -0.15) is 0 Å². The van der Waals surface area contributed by atoms with Gasteiger partial charge in [0, 0.05) is 17.5 Å². The van der Waals surface area contributed by atoms with E-state index in [0.29, 0.717) is 34.0 Å². The summed E-state index contributed by atoms with van der Waals surface area (Å²) < 4.78 is 10.7. The summed E-state index contributed by atoms with van der Waals surface area (Å²) in [6.45, 7) is 7.64. The van der Waals surface area contributed by atoms with Crippen molar-refractivity contribution in [2.75, 3.05) is 13.7 Å². The summed E-state index contributed by atoms with van der Waals surface area (Å²) in [5.74, 6) is 0.144. The van der Waals surface area contributed by atoms with Crippen molar-refractivity contribution in [3.05, 3.63) is 64.0 Å². The number of nitrogens with zero attached hydrogens (tertiary/aromatic N) is 2. The highest BCUT2D eigenvalue weighted by Crippen LogP contribution is 2.13. The molecule has 1 amide bonds. The average molecular weight is 396 g/mol. The molecule has 0 aliphatic rings. The lowest BCUT2D eigenvalue weighted by molar-refractivity contribution is -0.117. The molecule has 7 nitrogen and oxygen atoms in total. The molecule has 0 unspecified atom stereocenters. The van der Waals surface area contributed by atoms with Crippen LogP contribution in [0.1, 0.15) is 30.0 Å². The first-order valence-electron chi connectivity index (χ1n) is 9.02. The van der Waals surface area contributed by atoms with Crippen LogP contribution in [0, 0.1) is 0 Å². The Labute approximate surface area is 169 Å². The van der Waals surface area contributed by atoms with Gasteiger partial charge in [0.1, 0.15) is 11.5 Å². The zero-order valence-electron chi connectivity index (χ0n) is 16.7. The molecule has 0 radical (unpaired) electrons. The van der Waals surface area contributed by atoms with E-state index in [1.807, 2.05) is 30.3 Å². The Morgan fingerprint density at radius 3 is 2.62 bits per heavy atom. The summed E-state index contributed by atoms with van der Waals surface area (Å²) in [6, 6.07) is 9.24. The van der Waals surface area contributed by atoms with E-state index in [2.05, 4.69) is 11.6 Å². The van der Waals surface area contributed by atoms with Crippen molar-refractivity contribution >= 4 is 25.0 Å². The third-order valence-electron chi connectivity index (χ3n) is 3.95. The molecule has 7 heteroatoms. The number of benzene rings is 1. The average Bonchev–Trinajstić information content (AvgIpc) is 2.70. The van der Waals surface area contributed by atoms with Gasteiger partial charge in [0.2, 0.25) is 6.41 Å². The minimum atomic E-state index is -0.754. The fourth-order valence-electron chi connectivity index (χ4n) is 2.52. The molecule has 1 aromatic heterocycles. The summed E-state index contributed by atoms with van der Waals surface area (Å²) in [6.07, 6.45) is 3.88. The number of aromatic hydroxyl groups is 1. The normalized spacial score (nSPS) is 11.8. The molecule has 0 fully saturated rings. The van der Waals surface area contributed by atoms with Crippen LogP contribution < -0.4 is 15.2 Å². The number of amides is 1. The van der Waals surface area contributed by atoms with Crippen LogP contribution in [0.4, 0.5) is 0 Å².